The van der Waals surface area contributed by atoms with Gasteiger partial charge in [-0.3, -0.25) is 4.79 Å². The van der Waals surface area contributed by atoms with Gasteiger partial charge in [0.15, 0.2) is 0 Å². The average molecular weight is 262 g/mol. The Morgan fingerprint density at radius 3 is 2.42 bits per heavy atom. The third kappa shape index (κ3) is 3.89. The monoisotopic (exact) mass is 262 g/mol. The van der Waals surface area contributed by atoms with E-state index in [4.69, 9.17) is 0 Å². The predicted octanol–water partition coefficient (Wildman–Crippen LogP) is 2.05. The molecule has 0 aromatic heterocycles. The number of piperazine rings is 1. The number of rotatable bonds is 2. The van der Waals surface area contributed by atoms with Crippen LogP contribution in [0.15, 0.2) is 30.3 Å². The normalized spacial score (nSPS) is 23.8. The number of benzene rings is 1. The molecule has 0 radical (unpaired) electrons. The molecule has 4 heteroatoms. The standard InChI is InChI=1S/C15H19FN2O/c1-11-9-18(10-12(2)17-11)15(19)8-5-13-3-6-14(16)7-4-13/h3-8,11-12,17H,9-10H2,1-2H3/b8-5+/t11-,12-/m1/s1. The molecule has 0 bridgehead atoms. The van der Waals surface area contributed by atoms with Gasteiger partial charge >= 0.3 is 0 Å². The fourth-order valence-corrected chi connectivity index (χ4v) is 2.35. The van der Waals surface area contributed by atoms with Crippen molar-refractivity contribution in [2.45, 2.75) is 25.9 Å². The van der Waals surface area contributed by atoms with Crippen molar-refractivity contribution in [3.05, 3.63) is 41.7 Å². The SMILES string of the molecule is C[C@@H]1CN(C(=O)/C=C/c2ccc(F)cc2)C[C@@H](C)N1. The first-order valence-corrected chi connectivity index (χ1v) is 6.53. The summed E-state index contributed by atoms with van der Waals surface area (Å²) in [5.41, 5.74) is 0.825. The molecule has 1 aromatic carbocycles. The van der Waals surface area contributed by atoms with Gasteiger partial charge in [-0.15, -0.1) is 0 Å². The molecule has 0 aliphatic carbocycles. The van der Waals surface area contributed by atoms with Gasteiger partial charge < -0.3 is 10.2 Å². The molecular formula is C15H19FN2O. The maximum Gasteiger partial charge on any atom is 0.246 e. The molecule has 0 unspecified atom stereocenters. The number of amides is 1. The fraction of sp³-hybridized carbons (Fsp3) is 0.400. The Morgan fingerprint density at radius 2 is 1.84 bits per heavy atom. The van der Waals surface area contributed by atoms with Crippen molar-refractivity contribution in [2.24, 2.45) is 0 Å². The van der Waals surface area contributed by atoms with E-state index in [-0.39, 0.29) is 11.7 Å². The molecule has 2 rings (SSSR count). The molecular weight excluding hydrogens is 243 g/mol. The van der Waals surface area contributed by atoms with Gasteiger partial charge in [0.1, 0.15) is 5.82 Å². The van der Waals surface area contributed by atoms with Gasteiger partial charge in [-0.1, -0.05) is 12.1 Å². The number of halogens is 1. The van der Waals surface area contributed by atoms with Crippen LogP contribution in [0.3, 0.4) is 0 Å². The van der Waals surface area contributed by atoms with Gasteiger partial charge in [0.05, 0.1) is 0 Å². The molecule has 0 spiro atoms. The highest BCUT2D eigenvalue weighted by atomic mass is 19.1. The number of hydrogen-bond donors (Lipinski definition) is 1. The second-order valence-electron chi connectivity index (χ2n) is 5.10. The van der Waals surface area contributed by atoms with Crippen LogP contribution in [-0.4, -0.2) is 36.0 Å². The van der Waals surface area contributed by atoms with Crippen molar-refractivity contribution in [2.75, 3.05) is 13.1 Å². The zero-order chi connectivity index (χ0) is 13.8. The summed E-state index contributed by atoms with van der Waals surface area (Å²) in [6, 6.07) is 6.71. The summed E-state index contributed by atoms with van der Waals surface area (Å²) in [5.74, 6) is -0.266. The molecule has 1 amide bonds. The Kier molecular flexibility index (Phi) is 4.32. The lowest BCUT2D eigenvalue weighted by Crippen LogP contribution is -2.55. The lowest BCUT2D eigenvalue weighted by molar-refractivity contribution is -0.127. The summed E-state index contributed by atoms with van der Waals surface area (Å²) < 4.78 is 12.8. The third-order valence-corrected chi connectivity index (χ3v) is 3.16. The molecule has 1 fully saturated rings. The largest absolute Gasteiger partial charge is 0.336 e. The van der Waals surface area contributed by atoms with Crippen molar-refractivity contribution in [3.63, 3.8) is 0 Å². The first-order chi connectivity index (χ1) is 9.04. The second kappa shape index (κ2) is 5.97. The minimum Gasteiger partial charge on any atom is -0.336 e. The van der Waals surface area contributed by atoms with Crippen LogP contribution < -0.4 is 5.32 Å². The topological polar surface area (TPSA) is 32.3 Å². The fourth-order valence-electron chi connectivity index (χ4n) is 2.35. The van der Waals surface area contributed by atoms with Gasteiger partial charge in [0, 0.05) is 31.2 Å². The Hall–Kier alpha value is -1.68. The molecule has 2 atom stereocenters. The number of nitrogens with one attached hydrogen (secondary N) is 1. The third-order valence-electron chi connectivity index (χ3n) is 3.16. The second-order valence-corrected chi connectivity index (χ2v) is 5.10. The Labute approximate surface area is 113 Å². The maximum atomic E-state index is 12.8. The van der Waals surface area contributed by atoms with Crippen molar-refractivity contribution < 1.29 is 9.18 Å². The van der Waals surface area contributed by atoms with Crippen LogP contribution in [0.4, 0.5) is 4.39 Å². The molecule has 19 heavy (non-hydrogen) atoms. The summed E-state index contributed by atoms with van der Waals surface area (Å²) in [5, 5.41) is 3.38. The molecule has 1 N–H and O–H groups in total. The number of hydrogen-bond acceptors (Lipinski definition) is 2. The lowest BCUT2D eigenvalue weighted by atomic mass is 10.1. The van der Waals surface area contributed by atoms with Crippen molar-refractivity contribution in [3.8, 4) is 0 Å². The maximum absolute atomic E-state index is 12.8. The highest BCUT2D eigenvalue weighted by molar-refractivity contribution is 5.91. The molecule has 0 saturated carbocycles. The number of carbonyl (C=O) groups is 1. The summed E-state index contributed by atoms with van der Waals surface area (Å²) in [6.07, 6.45) is 3.27. The summed E-state index contributed by atoms with van der Waals surface area (Å²) >= 11 is 0. The van der Waals surface area contributed by atoms with E-state index in [1.54, 1.807) is 24.3 Å². The minimum absolute atomic E-state index is 0.00419. The van der Waals surface area contributed by atoms with E-state index in [1.165, 1.54) is 12.1 Å². The molecule has 1 heterocycles. The van der Waals surface area contributed by atoms with Crippen LogP contribution in [0.1, 0.15) is 19.4 Å². The Morgan fingerprint density at radius 1 is 1.26 bits per heavy atom. The molecule has 1 aliphatic rings. The molecule has 1 aromatic rings. The van der Waals surface area contributed by atoms with Crippen LogP contribution in [0.25, 0.3) is 6.08 Å². The Bertz CT molecular complexity index is 460. The van der Waals surface area contributed by atoms with Crippen molar-refractivity contribution in [1.82, 2.24) is 10.2 Å². The van der Waals surface area contributed by atoms with Gasteiger partial charge in [0.25, 0.3) is 0 Å². The summed E-state index contributed by atoms with van der Waals surface area (Å²) in [4.78, 5) is 13.9. The summed E-state index contributed by atoms with van der Waals surface area (Å²) in [7, 11) is 0. The highest BCUT2D eigenvalue weighted by Crippen LogP contribution is 2.08. The van der Waals surface area contributed by atoms with Crippen LogP contribution in [-0.2, 0) is 4.79 Å². The van der Waals surface area contributed by atoms with Crippen molar-refractivity contribution >= 4 is 12.0 Å². The van der Waals surface area contributed by atoms with E-state index in [9.17, 15) is 9.18 Å². The number of carbonyl (C=O) groups excluding carboxylic acids is 1. The van der Waals surface area contributed by atoms with E-state index in [0.29, 0.717) is 12.1 Å². The zero-order valence-electron chi connectivity index (χ0n) is 11.3. The van der Waals surface area contributed by atoms with Crippen LogP contribution in [0, 0.1) is 5.82 Å². The van der Waals surface area contributed by atoms with Gasteiger partial charge in [-0.25, -0.2) is 4.39 Å². The highest BCUT2D eigenvalue weighted by Gasteiger charge is 2.23. The van der Waals surface area contributed by atoms with Crippen LogP contribution in [0.2, 0.25) is 0 Å². The lowest BCUT2D eigenvalue weighted by Gasteiger charge is -2.35. The molecule has 3 nitrogen and oxygen atoms in total. The van der Waals surface area contributed by atoms with Gasteiger partial charge in [-0.05, 0) is 37.6 Å². The molecule has 1 saturated heterocycles. The van der Waals surface area contributed by atoms with Crippen molar-refractivity contribution in [1.29, 1.82) is 0 Å². The zero-order valence-corrected chi connectivity index (χ0v) is 11.3. The van der Waals surface area contributed by atoms with E-state index in [0.717, 1.165) is 18.7 Å². The van der Waals surface area contributed by atoms with Crippen LogP contribution in [0.5, 0.6) is 0 Å². The smallest absolute Gasteiger partial charge is 0.246 e. The first-order valence-electron chi connectivity index (χ1n) is 6.53. The van der Waals surface area contributed by atoms with E-state index in [2.05, 4.69) is 19.2 Å². The predicted molar refractivity (Wildman–Crippen MR) is 74.1 cm³/mol. The van der Waals surface area contributed by atoms with E-state index in [1.807, 2.05) is 4.90 Å². The Balaban J connectivity index is 1.98. The number of nitrogens with zero attached hydrogens (tertiary/aromatic N) is 1. The summed E-state index contributed by atoms with van der Waals surface area (Å²) in [6.45, 7) is 5.58. The average Bonchev–Trinajstić information content (AvgIpc) is 2.36. The molecule has 102 valence electrons. The minimum atomic E-state index is -0.270. The van der Waals surface area contributed by atoms with Gasteiger partial charge in [-0.2, -0.15) is 0 Å². The van der Waals surface area contributed by atoms with Crippen LogP contribution >= 0.6 is 0 Å². The first kappa shape index (κ1) is 13.7. The molecule has 1 aliphatic heterocycles. The van der Waals surface area contributed by atoms with E-state index < -0.39 is 0 Å². The van der Waals surface area contributed by atoms with Gasteiger partial charge in [0.2, 0.25) is 5.91 Å². The van der Waals surface area contributed by atoms with E-state index >= 15 is 0 Å². The quantitative estimate of drug-likeness (QED) is 0.827.